The fourth-order valence-corrected chi connectivity index (χ4v) is 1.95. The van der Waals surface area contributed by atoms with Crippen LogP contribution >= 0.6 is 15.9 Å². The van der Waals surface area contributed by atoms with E-state index in [4.69, 9.17) is 10.5 Å². The molecule has 2 aromatic carbocycles. The first kappa shape index (κ1) is 12.9. The molecule has 2 rings (SSSR count). The van der Waals surface area contributed by atoms with Crippen LogP contribution in [-0.2, 0) is 6.61 Å². The molecule has 0 aliphatic rings. The second-order valence-corrected chi connectivity index (χ2v) is 4.92. The Kier molecular flexibility index (Phi) is 3.87. The molecular weight excluding hydrogens is 297 g/mol. The Morgan fingerprint density at radius 1 is 1.28 bits per heavy atom. The van der Waals surface area contributed by atoms with Crippen molar-refractivity contribution in [1.82, 2.24) is 0 Å². The minimum absolute atomic E-state index is 0.121. The molecule has 2 nitrogen and oxygen atoms in total. The lowest BCUT2D eigenvalue weighted by atomic mass is 10.2. The van der Waals surface area contributed by atoms with E-state index in [1.807, 2.05) is 25.1 Å². The monoisotopic (exact) mass is 309 g/mol. The molecule has 0 saturated heterocycles. The normalized spacial score (nSPS) is 10.4. The van der Waals surface area contributed by atoms with E-state index in [2.05, 4.69) is 15.9 Å². The molecule has 18 heavy (non-hydrogen) atoms. The standard InChI is InChI=1S/C14H13BrFNO/c1-9-5-6-10(15)7-14(9)18-8-11-12(16)3-2-4-13(11)17/h2-7H,8,17H2,1H3. The molecule has 0 fully saturated rings. The summed E-state index contributed by atoms with van der Waals surface area (Å²) < 4.78 is 20.1. The van der Waals surface area contributed by atoms with Gasteiger partial charge in [0.25, 0.3) is 0 Å². The van der Waals surface area contributed by atoms with Gasteiger partial charge < -0.3 is 10.5 Å². The van der Waals surface area contributed by atoms with Crippen molar-refractivity contribution in [3.63, 3.8) is 0 Å². The maximum Gasteiger partial charge on any atom is 0.131 e. The van der Waals surface area contributed by atoms with Crippen LogP contribution in [0.5, 0.6) is 5.75 Å². The van der Waals surface area contributed by atoms with Gasteiger partial charge in [-0.25, -0.2) is 4.39 Å². The van der Waals surface area contributed by atoms with Crippen LogP contribution in [-0.4, -0.2) is 0 Å². The number of anilines is 1. The van der Waals surface area contributed by atoms with Crippen LogP contribution in [0.1, 0.15) is 11.1 Å². The molecule has 4 heteroatoms. The Balaban J connectivity index is 2.19. The predicted molar refractivity (Wildman–Crippen MR) is 74.0 cm³/mol. The molecule has 94 valence electrons. The quantitative estimate of drug-likeness (QED) is 0.868. The lowest BCUT2D eigenvalue weighted by Gasteiger charge is -2.11. The molecular formula is C14H13BrFNO. The van der Waals surface area contributed by atoms with Crippen LogP contribution in [0.4, 0.5) is 10.1 Å². The van der Waals surface area contributed by atoms with E-state index >= 15 is 0 Å². The summed E-state index contributed by atoms with van der Waals surface area (Å²) in [7, 11) is 0. The second-order valence-electron chi connectivity index (χ2n) is 4.01. The number of aryl methyl sites for hydroxylation is 1. The molecule has 0 heterocycles. The van der Waals surface area contributed by atoms with E-state index in [1.54, 1.807) is 12.1 Å². The molecule has 0 aliphatic carbocycles. The maximum atomic E-state index is 13.6. The third kappa shape index (κ3) is 2.82. The molecule has 0 aromatic heterocycles. The molecule has 0 aliphatic heterocycles. The molecule has 0 radical (unpaired) electrons. The molecule has 2 aromatic rings. The van der Waals surface area contributed by atoms with Crippen molar-refractivity contribution in [2.75, 3.05) is 5.73 Å². The zero-order valence-corrected chi connectivity index (χ0v) is 11.5. The van der Waals surface area contributed by atoms with Crippen LogP contribution in [0.15, 0.2) is 40.9 Å². The van der Waals surface area contributed by atoms with Gasteiger partial charge in [0, 0.05) is 15.7 Å². The number of halogens is 2. The fraction of sp³-hybridized carbons (Fsp3) is 0.143. The summed E-state index contributed by atoms with van der Waals surface area (Å²) in [6.45, 7) is 2.06. The Labute approximate surface area is 114 Å². The summed E-state index contributed by atoms with van der Waals surface area (Å²) in [5.74, 6) is 0.370. The molecule has 0 saturated carbocycles. The number of hydrogen-bond acceptors (Lipinski definition) is 2. The van der Waals surface area contributed by atoms with E-state index < -0.39 is 0 Å². The summed E-state index contributed by atoms with van der Waals surface area (Å²) in [6.07, 6.45) is 0. The van der Waals surface area contributed by atoms with Crippen molar-refractivity contribution in [2.24, 2.45) is 0 Å². The molecule has 0 spiro atoms. The second kappa shape index (κ2) is 5.40. The van der Waals surface area contributed by atoms with Gasteiger partial charge in [-0.3, -0.25) is 0 Å². The lowest BCUT2D eigenvalue weighted by molar-refractivity contribution is 0.298. The Morgan fingerprint density at radius 2 is 2.06 bits per heavy atom. The third-order valence-corrected chi connectivity index (χ3v) is 3.17. The average Bonchev–Trinajstić information content (AvgIpc) is 2.33. The van der Waals surface area contributed by atoms with Crippen molar-refractivity contribution < 1.29 is 9.13 Å². The van der Waals surface area contributed by atoms with Gasteiger partial charge in [0.1, 0.15) is 18.2 Å². The molecule has 0 unspecified atom stereocenters. The minimum Gasteiger partial charge on any atom is -0.488 e. The summed E-state index contributed by atoms with van der Waals surface area (Å²) in [5, 5.41) is 0. The SMILES string of the molecule is Cc1ccc(Br)cc1OCc1c(N)cccc1F. The topological polar surface area (TPSA) is 35.2 Å². The first-order valence-corrected chi connectivity index (χ1v) is 6.29. The van der Waals surface area contributed by atoms with E-state index in [-0.39, 0.29) is 12.4 Å². The van der Waals surface area contributed by atoms with Gasteiger partial charge in [-0.15, -0.1) is 0 Å². The van der Waals surface area contributed by atoms with E-state index in [1.165, 1.54) is 6.07 Å². The first-order chi connectivity index (χ1) is 8.58. The van der Waals surface area contributed by atoms with Gasteiger partial charge in [-0.1, -0.05) is 28.1 Å². The van der Waals surface area contributed by atoms with Crippen molar-refractivity contribution in [2.45, 2.75) is 13.5 Å². The van der Waals surface area contributed by atoms with Crippen LogP contribution < -0.4 is 10.5 Å². The highest BCUT2D eigenvalue weighted by Crippen LogP contribution is 2.25. The zero-order valence-electron chi connectivity index (χ0n) is 9.91. The highest BCUT2D eigenvalue weighted by Gasteiger charge is 2.08. The largest absolute Gasteiger partial charge is 0.488 e. The zero-order chi connectivity index (χ0) is 13.1. The van der Waals surface area contributed by atoms with Gasteiger partial charge in [0.15, 0.2) is 0 Å². The highest BCUT2D eigenvalue weighted by molar-refractivity contribution is 9.10. The number of nitrogens with two attached hydrogens (primary N) is 1. The van der Waals surface area contributed by atoms with Gasteiger partial charge in [-0.2, -0.15) is 0 Å². The molecule has 0 atom stereocenters. The lowest BCUT2D eigenvalue weighted by Crippen LogP contribution is -2.03. The molecule has 0 bridgehead atoms. The minimum atomic E-state index is -0.345. The van der Waals surface area contributed by atoms with Crippen molar-refractivity contribution in [3.8, 4) is 5.75 Å². The number of nitrogen functional groups attached to an aromatic ring is 1. The molecule has 2 N–H and O–H groups in total. The smallest absolute Gasteiger partial charge is 0.131 e. The summed E-state index contributed by atoms with van der Waals surface area (Å²) in [5.41, 5.74) is 7.51. The summed E-state index contributed by atoms with van der Waals surface area (Å²) in [6, 6.07) is 10.3. The van der Waals surface area contributed by atoms with Crippen LogP contribution in [0, 0.1) is 12.7 Å². The first-order valence-electron chi connectivity index (χ1n) is 5.50. The fourth-order valence-electron chi connectivity index (χ4n) is 1.61. The summed E-state index contributed by atoms with van der Waals surface area (Å²) in [4.78, 5) is 0. The van der Waals surface area contributed by atoms with Gasteiger partial charge >= 0.3 is 0 Å². The number of hydrogen-bond donors (Lipinski definition) is 1. The van der Waals surface area contributed by atoms with Crippen molar-refractivity contribution >= 4 is 21.6 Å². The number of ether oxygens (including phenoxy) is 1. The average molecular weight is 310 g/mol. The van der Waals surface area contributed by atoms with E-state index in [9.17, 15) is 4.39 Å². The Hall–Kier alpha value is -1.55. The van der Waals surface area contributed by atoms with Crippen LogP contribution in [0.25, 0.3) is 0 Å². The Morgan fingerprint density at radius 3 is 2.78 bits per heavy atom. The highest BCUT2D eigenvalue weighted by atomic mass is 79.9. The molecule has 0 amide bonds. The van der Waals surface area contributed by atoms with E-state index in [0.29, 0.717) is 17.0 Å². The number of benzene rings is 2. The van der Waals surface area contributed by atoms with Crippen LogP contribution in [0.2, 0.25) is 0 Å². The summed E-state index contributed by atoms with van der Waals surface area (Å²) >= 11 is 3.37. The maximum absolute atomic E-state index is 13.6. The van der Waals surface area contributed by atoms with Crippen LogP contribution in [0.3, 0.4) is 0 Å². The van der Waals surface area contributed by atoms with Gasteiger partial charge in [-0.05, 0) is 36.8 Å². The predicted octanol–water partition coefficient (Wildman–Crippen LogP) is 4.06. The van der Waals surface area contributed by atoms with E-state index in [0.717, 1.165) is 10.0 Å². The Bertz CT molecular complexity index is 551. The number of rotatable bonds is 3. The van der Waals surface area contributed by atoms with Gasteiger partial charge in [0.05, 0.1) is 0 Å². The van der Waals surface area contributed by atoms with Crippen molar-refractivity contribution in [3.05, 3.63) is 57.8 Å². The van der Waals surface area contributed by atoms with Crippen molar-refractivity contribution in [1.29, 1.82) is 0 Å². The van der Waals surface area contributed by atoms with Gasteiger partial charge in [0.2, 0.25) is 0 Å². The third-order valence-electron chi connectivity index (χ3n) is 2.68.